The van der Waals surface area contributed by atoms with Gasteiger partial charge in [0.25, 0.3) is 0 Å². The lowest BCUT2D eigenvalue weighted by Gasteiger charge is -2.16. The van der Waals surface area contributed by atoms with E-state index in [2.05, 4.69) is 36.5 Å². The van der Waals surface area contributed by atoms with E-state index in [1.165, 1.54) is 16.9 Å². The van der Waals surface area contributed by atoms with Crippen LogP contribution in [0.5, 0.6) is 11.5 Å². The van der Waals surface area contributed by atoms with Crippen molar-refractivity contribution in [3.8, 4) is 22.8 Å². The van der Waals surface area contributed by atoms with Crippen LogP contribution in [0, 0.1) is 10.9 Å². The standard InChI is InChI=1S/C21H20N2O3S2/c1-13-3-5-15(6-4-13)17-11-28-21(27)23(17)10-20(24)22-14(2)16-7-8-18-19(9-16)26-12-25-18/h3-9,11,14H,10,12H2,1-2H3,(H,22,24). The van der Waals surface area contributed by atoms with Gasteiger partial charge in [-0.3, -0.25) is 4.79 Å². The van der Waals surface area contributed by atoms with Crippen molar-refractivity contribution >= 4 is 29.5 Å². The Morgan fingerprint density at radius 1 is 1.21 bits per heavy atom. The Hall–Kier alpha value is -2.64. The number of amides is 1. The molecule has 1 aliphatic heterocycles. The second-order valence-corrected chi connectivity index (χ2v) is 8.24. The molecule has 0 radical (unpaired) electrons. The maximum absolute atomic E-state index is 12.7. The van der Waals surface area contributed by atoms with Crippen LogP contribution in [0.15, 0.2) is 47.8 Å². The van der Waals surface area contributed by atoms with Crippen LogP contribution < -0.4 is 14.8 Å². The minimum Gasteiger partial charge on any atom is -0.454 e. The molecule has 0 saturated carbocycles. The number of rotatable bonds is 5. The van der Waals surface area contributed by atoms with Crippen LogP contribution >= 0.6 is 23.6 Å². The van der Waals surface area contributed by atoms with Crippen molar-refractivity contribution in [1.82, 2.24) is 9.88 Å². The van der Waals surface area contributed by atoms with E-state index in [-0.39, 0.29) is 25.3 Å². The fourth-order valence-corrected chi connectivity index (χ4v) is 4.20. The first kappa shape index (κ1) is 18.7. The van der Waals surface area contributed by atoms with Gasteiger partial charge in [0.15, 0.2) is 15.5 Å². The molecule has 3 aromatic rings. The maximum Gasteiger partial charge on any atom is 0.240 e. The van der Waals surface area contributed by atoms with Crippen LogP contribution in [-0.2, 0) is 11.3 Å². The van der Waals surface area contributed by atoms with Crippen LogP contribution in [0.2, 0.25) is 0 Å². The highest BCUT2D eigenvalue weighted by molar-refractivity contribution is 7.73. The predicted octanol–water partition coefficient (Wildman–Crippen LogP) is 4.86. The number of hydrogen-bond acceptors (Lipinski definition) is 5. The lowest BCUT2D eigenvalue weighted by Crippen LogP contribution is -2.30. The third-order valence-corrected chi connectivity index (χ3v) is 5.98. The number of carbonyl (C=O) groups excluding carboxylic acids is 1. The van der Waals surface area contributed by atoms with E-state index < -0.39 is 0 Å². The molecule has 0 aliphatic carbocycles. The van der Waals surface area contributed by atoms with Gasteiger partial charge in [0.2, 0.25) is 12.7 Å². The Labute approximate surface area is 172 Å². The highest BCUT2D eigenvalue weighted by atomic mass is 32.1. The third-order valence-electron chi connectivity index (χ3n) is 4.71. The first-order chi connectivity index (χ1) is 13.5. The van der Waals surface area contributed by atoms with Crippen LogP contribution in [-0.4, -0.2) is 17.3 Å². The van der Waals surface area contributed by atoms with Crippen LogP contribution in [0.25, 0.3) is 11.3 Å². The summed E-state index contributed by atoms with van der Waals surface area (Å²) in [6.07, 6.45) is 0. The third kappa shape index (κ3) is 3.81. The van der Waals surface area contributed by atoms with Gasteiger partial charge in [0.05, 0.1) is 11.7 Å². The van der Waals surface area contributed by atoms with E-state index in [1.54, 1.807) is 0 Å². The van der Waals surface area contributed by atoms with Gasteiger partial charge in [0, 0.05) is 5.38 Å². The zero-order valence-corrected chi connectivity index (χ0v) is 17.2. The highest BCUT2D eigenvalue weighted by Crippen LogP contribution is 2.34. The summed E-state index contributed by atoms with van der Waals surface area (Å²) in [5.41, 5.74) is 4.17. The fraction of sp³-hybridized carbons (Fsp3) is 0.238. The van der Waals surface area contributed by atoms with Crippen molar-refractivity contribution in [1.29, 1.82) is 0 Å². The number of benzene rings is 2. The second-order valence-electron chi connectivity index (χ2n) is 6.74. The number of fused-ring (bicyclic) bond motifs is 1. The van der Waals surface area contributed by atoms with Crippen LogP contribution in [0.3, 0.4) is 0 Å². The summed E-state index contributed by atoms with van der Waals surface area (Å²) >= 11 is 6.92. The van der Waals surface area contributed by atoms with Gasteiger partial charge in [-0.15, -0.1) is 11.3 Å². The average molecular weight is 413 g/mol. The van der Waals surface area contributed by atoms with E-state index in [9.17, 15) is 4.79 Å². The summed E-state index contributed by atoms with van der Waals surface area (Å²) in [4.78, 5) is 12.7. The molecule has 7 heteroatoms. The number of aryl methyl sites for hydroxylation is 1. The number of ether oxygens (including phenoxy) is 2. The molecule has 1 aliphatic rings. The van der Waals surface area contributed by atoms with Crippen LogP contribution in [0.1, 0.15) is 24.1 Å². The average Bonchev–Trinajstić information content (AvgIpc) is 3.29. The number of thiazole rings is 1. The zero-order valence-electron chi connectivity index (χ0n) is 15.6. The van der Waals surface area contributed by atoms with Gasteiger partial charge in [0.1, 0.15) is 6.54 Å². The van der Waals surface area contributed by atoms with E-state index in [1.807, 2.05) is 35.1 Å². The summed E-state index contributed by atoms with van der Waals surface area (Å²) in [7, 11) is 0. The SMILES string of the molecule is Cc1ccc(-c2csc(=S)n2CC(=O)NC(C)c2ccc3c(c2)OCO3)cc1. The number of nitrogens with zero attached hydrogens (tertiary/aromatic N) is 1. The van der Waals surface area contributed by atoms with Crippen molar-refractivity contribution in [3.63, 3.8) is 0 Å². The van der Waals surface area contributed by atoms with Gasteiger partial charge < -0.3 is 19.4 Å². The molecule has 0 bridgehead atoms. The molecule has 1 unspecified atom stereocenters. The van der Waals surface area contributed by atoms with E-state index in [0.29, 0.717) is 9.70 Å². The fourth-order valence-electron chi connectivity index (χ4n) is 3.13. The van der Waals surface area contributed by atoms with Crippen molar-refractivity contribution in [2.75, 3.05) is 6.79 Å². The topological polar surface area (TPSA) is 52.5 Å². The largest absolute Gasteiger partial charge is 0.454 e. The summed E-state index contributed by atoms with van der Waals surface area (Å²) in [6, 6.07) is 13.8. The Kier molecular flexibility index (Phi) is 5.19. The first-order valence-electron chi connectivity index (χ1n) is 8.95. The minimum atomic E-state index is -0.155. The predicted molar refractivity (Wildman–Crippen MR) is 112 cm³/mol. The second kappa shape index (κ2) is 7.77. The molecule has 2 heterocycles. The number of carbonyl (C=O) groups is 1. The molecule has 1 N–H and O–H groups in total. The van der Waals surface area contributed by atoms with Crippen molar-refractivity contribution in [2.45, 2.75) is 26.4 Å². The molecular formula is C21H20N2O3S2. The Morgan fingerprint density at radius 2 is 1.96 bits per heavy atom. The van der Waals surface area contributed by atoms with Gasteiger partial charge >= 0.3 is 0 Å². The molecule has 28 heavy (non-hydrogen) atoms. The number of hydrogen-bond donors (Lipinski definition) is 1. The van der Waals surface area contributed by atoms with Gasteiger partial charge in [-0.1, -0.05) is 35.9 Å². The molecule has 1 aromatic heterocycles. The number of aromatic nitrogens is 1. The van der Waals surface area contributed by atoms with Crippen molar-refractivity contribution in [2.24, 2.45) is 0 Å². The summed E-state index contributed by atoms with van der Waals surface area (Å²) < 4.78 is 13.3. The molecule has 1 atom stereocenters. The molecular weight excluding hydrogens is 392 g/mol. The molecule has 1 amide bonds. The first-order valence-corrected chi connectivity index (χ1v) is 10.2. The van der Waals surface area contributed by atoms with Gasteiger partial charge in [-0.2, -0.15) is 0 Å². The maximum atomic E-state index is 12.7. The Balaban J connectivity index is 1.49. The quantitative estimate of drug-likeness (QED) is 0.608. The van der Waals surface area contributed by atoms with Crippen molar-refractivity contribution < 1.29 is 14.3 Å². The molecule has 0 fully saturated rings. The summed E-state index contributed by atoms with van der Waals surface area (Å²) in [6.45, 7) is 4.41. The normalized spacial score (nSPS) is 13.4. The molecule has 2 aromatic carbocycles. The zero-order chi connectivity index (χ0) is 19.7. The van der Waals surface area contributed by atoms with Gasteiger partial charge in [-0.25, -0.2) is 0 Å². The van der Waals surface area contributed by atoms with Gasteiger partial charge in [-0.05, 0) is 49.3 Å². The Morgan fingerprint density at radius 3 is 2.75 bits per heavy atom. The lowest BCUT2D eigenvalue weighted by molar-refractivity contribution is -0.122. The Bertz CT molecular complexity index is 1070. The molecule has 0 saturated heterocycles. The summed E-state index contributed by atoms with van der Waals surface area (Å²) in [5.74, 6) is 1.35. The molecule has 144 valence electrons. The monoisotopic (exact) mass is 412 g/mol. The smallest absolute Gasteiger partial charge is 0.240 e. The number of nitrogens with one attached hydrogen (secondary N) is 1. The van der Waals surface area contributed by atoms with E-state index >= 15 is 0 Å². The van der Waals surface area contributed by atoms with Crippen LogP contribution in [0.4, 0.5) is 0 Å². The lowest BCUT2D eigenvalue weighted by atomic mass is 10.1. The molecule has 4 rings (SSSR count). The highest BCUT2D eigenvalue weighted by Gasteiger charge is 2.18. The van der Waals surface area contributed by atoms with E-state index in [0.717, 1.165) is 22.6 Å². The molecule has 5 nitrogen and oxygen atoms in total. The summed E-state index contributed by atoms with van der Waals surface area (Å²) in [5, 5.41) is 5.04. The van der Waals surface area contributed by atoms with E-state index in [4.69, 9.17) is 21.7 Å². The minimum absolute atomic E-state index is 0.0898. The van der Waals surface area contributed by atoms with Crippen molar-refractivity contribution in [3.05, 3.63) is 62.9 Å². The molecule has 0 spiro atoms.